The molecule has 0 aliphatic heterocycles. The average molecular weight is 325 g/mol. The van der Waals surface area contributed by atoms with Gasteiger partial charge in [0.05, 0.1) is 5.69 Å². The summed E-state index contributed by atoms with van der Waals surface area (Å²) in [5, 5.41) is 10.5. The number of phenolic OH excluding ortho intramolecular Hbond substituents is 1. The lowest BCUT2D eigenvalue weighted by molar-refractivity contribution is 0.474. The highest BCUT2D eigenvalue weighted by atomic mass is 79.9. The summed E-state index contributed by atoms with van der Waals surface area (Å²) >= 11 is 9.19. The van der Waals surface area contributed by atoms with Crippen molar-refractivity contribution in [2.45, 2.75) is 6.92 Å². The second-order valence-electron chi connectivity index (χ2n) is 3.84. The zero-order valence-corrected chi connectivity index (χ0v) is 12.0. The van der Waals surface area contributed by atoms with Gasteiger partial charge in [0.1, 0.15) is 5.75 Å². The zero-order chi connectivity index (χ0) is 13.1. The van der Waals surface area contributed by atoms with E-state index in [0.717, 1.165) is 15.9 Å². The summed E-state index contributed by atoms with van der Waals surface area (Å²) in [7, 11) is 0. The number of aliphatic imine (C=N–C) groups is 1. The fourth-order valence-corrected chi connectivity index (χ4v) is 2.05. The first-order valence-corrected chi connectivity index (χ1v) is 6.53. The maximum absolute atomic E-state index is 9.80. The van der Waals surface area contributed by atoms with Crippen LogP contribution in [0.15, 0.2) is 51.9 Å². The molecule has 0 radical (unpaired) electrons. The summed E-state index contributed by atoms with van der Waals surface area (Å²) in [6.45, 7) is 1.86. The second kappa shape index (κ2) is 5.55. The highest BCUT2D eigenvalue weighted by Crippen LogP contribution is 2.24. The molecule has 18 heavy (non-hydrogen) atoms. The van der Waals surface area contributed by atoms with Gasteiger partial charge < -0.3 is 5.11 Å². The van der Waals surface area contributed by atoms with E-state index in [4.69, 9.17) is 11.6 Å². The Morgan fingerprint density at radius 3 is 2.50 bits per heavy atom. The number of nitrogens with zero attached hydrogens (tertiary/aromatic N) is 1. The van der Waals surface area contributed by atoms with Gasteiger partial charge in [-0.05, 0) is 49.4 Å². The Kier molecular flexibility index (Phi) is 4.04. The maximum atomic E-state index is 9.80. The van der Waals surface area contributed by atoms with Gasteiger partial charge in [0.15, 0.2) is 0 Å². The molecular formula is C14H11BrClNO. The predicted octanol–water partition coefficient (Wildman–Crippen LogP) is 4.95. The number of aromatic hydroxyl groups is 1. The van der Waals surface area contributed by atoms with E-state index in [-0.39, 0.29) is 5.75 Å². The van der Waals surface area contributed by atoms with Crippen molar-refractivity contribution in [2.24, 2.45) is 4.99 Å². The first kappa shape index (κ1) is 13.1. The van der Waals surface area contributed by atoms with Gasteiger partial charge in [-0.3, -0.25) is 4.99 Å². The van der Waals surface area contributed by atoms with Gasteiger partial charge in [0.2, 0.25) is 0 Å². The number of hydrogen-bond acceptors (Lipinski definition) is 2. The van der Waals surface area contributed by atoms with Crippen molar-refractivity contribution in [3.8, 4) is 5.75 Å². The Bertz CT molecular complexity index is 593. The summed E-state index contributed by atoms with van der Waals surface area (Å²) in [5.74, 6) is 0.216. The summed E-state index contributed by atoms with van der Waals surface area (Å²) in [5.41, 5.74) is 2.26. The quantitative estimate of drug-likeness (QED) is 0.779. The van der Waals surface area contributed by atoms with Gasteiger partial charge in [-0.15, -0.1) is 0 Å². The summed E-state index contributed by atoms with van der Waals surface area (Å²) < 4.78 is 0.904. The molecule has 92 valence electrons. The maximum Gasteiger partial charge on any atom is 0.124 e. The number of benzene rings is 2. The van der Waals surface area contributed by atoms with Crippen LogP contribution in [-0.4, -0.2) is 10.8 Å². The highest BCUT2D eigenvalue weighted by Gasteiger charge is 2.05. The predicted molar refractivity (Wildman–Crippen MR) is 79.1 cm³/mol. The van der Waals surface area contributed by atoms with Crippen molar-refractivity contribution in [3.63, 3.8) is 0 Å². The summed E-state index contributed by atoms with van der Waals surface area (Å²) in [4.78, 5) is 4.45. The smallest absolute Gasteiger partial charge is 0.124 e. The molecular weight excluding hydrogens is 314 g/mol. The first-order chi connectivity index (χ1) is 8.56. The number of rotatable bonds is 2. The van der Waals surface area contributed by atoms with Crippen molar-refractivity contribution >= 4 is 38.9 Å². The van der Waals surface area contributed by atoms with Crippen molar-refractivity contribution < 1.29 is 5.11 Å². The Morgan fingerprint density at radius 1 is 1.17 bits per heavy atom. The van der Waals surface area contributed by atoms with Gasteiger partial charge in [0, 0.05) is 20.8 Å². The molecule has 2 aromatic rings. The third-order valence-corrected chi connectivity index (χ3v) is 3.22. The monoisotopic (exact) mass is 323 g/mol. The SMILES string of the molecule is CC(=Nc1ccc(Cl)cc1)c1cc(Br)ccc1O. The summed E-state index contributed by atoms with van der Waals surface area (Å²) in [6.07, 6.45) is 0. The van der Waals surface area contributed by atoms with Crippen LogP contribution in [0.5, 0.6) is 5.75 Å². The zero-order valence-electron chi connectivity index (χ0n) is 9.69. The number of halogens is 2. The fourth-order valence-electron chi connectivity index (χ4n) is 1.57. The van der Waals surface area contributed by atoms with E-state index in [9.17, 15) is 5.11 Å². The van der Waals surface area contributed by atoms with E-state index >= 15 is 0 Å². The van der Waals surface area contributed by atoms with Gasteiger partial charge in [0.25, 0.3) is 0 Å². The van der Waals surface area contributed by atoms with E-state index in [0.29, 0.717) is 10.6 Å². The Morgan fingerprint density at radius 2 is 1.83 bits per heavy atom. The Balaban J connectivity index is 2.38. The summed E-state index contributed by atoms with van der Waals surface area (Å²) in [6, 6.07) is 12.5. The van der Waals surface area contributed by atoms with Crippen molar-refractivity contribution in [1.82, 2.24) is 0 Å². The largest absolute Gasteiger partial charge is 0.507 e. The fraction of sp³-hybridized carbons (Fsp3) is 0.0714. The first-order valence-electron chi connectivity index (χ1n) is 5.36. The minimum Gasteiger partial charge on any atom is -0.507 e. The minimum atomic E-state index is 0.216. The van der Waals surface area contributed by atoms with Gasteiger partial charge in [-0.2, -0.15) is 0 Å². The third-order valence-electron chi connectivity index (χ3n) is 2.47. The van der Waals surface area contributed by atoms with Crippen molar-refractivity contribution in [1.29, 1.82) is 0 Å². The van der Waals surface area contributed by atoms with Gasteiger partial charge in [-0.1, -0.05) is 27.5 Å². The van der Waals surface area contributed by atoms with Crippen LogP contribution in [0.4, 0.5) is 5.69 Å². The lowest BCUT2D eigenvalue weighted by Crippen LogP contribution is -1.94. The van der Waals surface area contributed by atoms with Crippen LogP contribution in [0.2, 0.25) is 5.02 Å². The molecule has 0 fully saturated rings. The van der Waals surface area contributed by atoms with Gasteiger partial charge >= 0.3 is 0 Å². The second-order valence-corrected chi connectivity index (χ2v) is 5.19. The molecule has 0 aliphatic rings. The molecule has 0 bridgehead atoms. The van der Waals surface area contributed by atoms with E-state index in [2.05, 4.69) is 20.9 Å². The lowest BCUT2D eigenvalue weighted by Gasteiger charge is -2.05. The number of hydrogen-bond donors (Lipinski definition) is 1. The molecule has 2 aromatic carbocycles. The molecule has 0 aliphatic carbocycles. The normalized spacial score (nSPS) is 11.6. The molecule has 0 unspecified atom stereocenters. The lowest BCUT2D eigenvalue weighted by atomic mass is 10.1. The van der Waals surface area contributed by atoms with Crippen LogP contribution in [0.1, 0.15) is 12.5 Å². The average Bonchev–Trinajstić information content (AvgIpc) is 2.35. The van der Waals surface area contributed by atoms with Gasteiger partial charge in [-0.25, -0.2) is 0 Å². The molecule has 1 N–H and O–H groups in total. The molecule has 0 saturated heterocycles. The van der Waals surface area contributed by atoms with E-state index < -0.39 is 0 Å². The molecule has 0 spiro atoms. The van der Waals surface area contributed by atoms with E-state index in [1.54, 1.807) is 24.3 Å². The van der Waals surface area contributed by atoms with Crippen LogP contribution >= 0.6 is 27.5 Å². The Hall–Kier alpha value is -1.32. The number of phenols is 1. The molecule has 0 heterocycles. The van der Waals surface area contributed by atoms with Crippen LogP contribution in [-0.2, 0) is 0 Å². The standard InChI is InChI=1S/C14H11BrClNO/c1-9(13-8-10(15)2-7-14(13)18)17-12-5-3-11(16)4-6-12/h2-8,18H,1H3. The van der Waals surface area contributed by atoms with Crippen LogP contribution in [0.25, 0.3) is 0 Å². The third kappa shape index (κ3) is 3.12. The molecule has 4 heteroatoms. The van der Waals surface area contributed by atoms with Crippen molar-refractivity contribution in [2.75, 3.05) is 0 Å². The topological polar surface area (TPSA) is 32.6 Å². The minimum absolute atomic E-state index is 0.216. The van der Waals surface area contributed by atoms with E-state index in [1.807, 2.05) is 25.1 Å². The molecule has 0 amide bonds. The molecule has 2 nitrogen and oxygen atoms in total. The molecule has 0 atom stereocenters. The Labute approximate surface area is 119 Å². The molecule has 0 aromatic heterocycles. The van der Waals surface area contributed by atoms with Crippen LogP contribution in [0, 0.1) is 0 Å². The van der Waals surface area contributed by atoms with Crippen molar-refractivity contribution in [3.05, 3.63) is 57.5 Å². The van der Waals surface area contributed by atoms with Crippen LogP contribution in [0.3, 0.4) is 0 Å². The molecule has 2 rings (SSSR count). The molecule has 0 saturated carbocycles. The highest BCUT2D eigenvalue weighted by molar-refractivity contribution is 9.10. The van der Waals surface area contributed by atoms with E-state index in [1.165, 1.54) is 0 Å². The van der Waals surface area contributed by atoms with Crippen LogP contribution < -0.4 is 0 Å².